The van der Waals surface area contributed by atoms with E-state index < -0.39 is 34.6 Å². The molecule has 0 aliphatic heterocycles. The Kier molecular flexibility index (Phi) is 4.43. The van der Waals surface area contributed by atoms with Crippen molar-refractivity contribution in [3.63, 3.8) is 0 Å². The summed E-state index contributed by atoms with van der Waals surface area (Å²) in [7, 11) is 1.25. The summed E-state index contributed by atoms with van der Waals surface area (Å²) in [5, 5.41) is 9.19. The summed E-state index contributed by atoms with van der Waals surface area (Å²) in [5.41, 5.74) is -6.25. The lowest BCUT2D eigenvalue weighted by molar-refractivity contribution is -0.288. The van der Waals surface area contributed by atoms with Gasteiger partial charge in [0.2, 0.25) is 5.41 Å². The van der Waals surface area contributed by atoms with Crippen molar-refractivity contribution in [2.45, 2.75) is 17.8 Å². The maximum Gasteiger partial charge on any atom is 0.411 e. The average Bonchev–Trinajstić information content (AvgIpc) is 2.47. The zero-order valence-electron chi connectivity index (χ0n) is 12.2. The monoisotopic (exact) mass is 350 g/mol. The lowest BCUT2D eigenvalue weighted by Gasteiger charge is -2.38. The first-order valence-electron chi connectivity index (χ1n) is 6.61. The number of alkyl halides is 6. The highest BCUT2D eigenvalue weighted by Gasteiger charge is 2.72. The van der Waals surface area contributed by atoms with Gasteiger partial charge in [0.1, 0.15) is 11.5 Å². The topological polar surface area (TPSA) is 29.5 Å². The molecular weight excluding hydrogens is 338 g/mol. The van der Waals surface area contributed by atoms with Crippen molar-refractivity contribution in [2.75, 3.05) is 7.11 Å². The summed E-state index contributed by atoms with van der Waals surface area (Å²) in [6.45, 7) is 0. The number of ether oxygens (including phenoxy) is 1. The number of hydrogen-bond donors (Lipinski definition) is 1. The third-order valence-electron chi connectivity index (χ3n) is 3.67. The highest BCUT2D eigenvalue weighted by molar-refractivity contribution is 5.46. The van der Waals surface area contributed by atoms with Gasteiger partial charge in [-0.1, -0.05) is 24.3 Å². The van der Waals surface area contributed by atoms with Crippen LogP contribution in [-0.4, -0.2) is 24.6 Å². The second-order valence-corrected chi connectivity index (χ2v) is 5.02. The number of halogens is 6. The van der Waals surface area contributed by atoms with Gasteiger partial charge in [-0.25, -0.2) is 0 Å². The first-order valence-corrected chi connectivity index (χ1v) is 6.61. The predicted molar refractivity (Wildman–Crippen MR) is 74.0 cm³/mol. The van der Waals surface area contributed by atoms with Crippen LogP contribution < -0.4 is 4.74 Å². The molecule has 2 aromatic carbocycles. The number of phenols is 1. The second-order valence-electron chi connectivity index (χ2n) is 5.02. The van der Waals surface area contributed by atoms with Crippen LogP contribution in [0.25, 0.3) is 0 Å². The average molecular weight is 350 g/mol. The Morgan fingerprint density at radius 2 is 1.08 bits per heavy atom. The Hall–Kier alpha value is -2.38. The molecule has 0 saturated carbocycles. The maximum atomic E-state index is 13.7. The smallest absolute Gasteiger partial charge is 0.411 e. The Morgan fingerprint density at radius 1 is 0.708 bits per heavy atom. The van der Waals surface area contributed by atoms with Gasteiger partial charge in [0.15, 0.2) is 0 Å². The van der Waals surface area contributed by atoms with Crippen LogP contribution in [0.4, 0.5) is 26.3 Å². The van der Waals surface area contributed by atoms with E-state index in [9.17, 15) is 31.4 Å². The van der Waals surface area contributed by atoms with E-state index in [0.29, 0.717) is 12.1 Å². The third-order valence-corrected chi connectivity index (χ3v) is 3.67. The van der Waals surface area contributed by atoms with E-state index >= 15 is 0 Å². The van der Waals surface area contributed by atoms with Gasteiger partial charge in [-0.2, -0.15) is 26.3 Å². The predicted octanol–water partition coefficient (Wildman–Crippen LogP) is 4.81. The van der Waals surface area contributed by atoms with Gasteiger partial charge in [0.05, 0.1) is 7.11 Å². The van der Waals surface area contributed by atoms with Crippen LogP contribution in [0.2, 0.25) is 0 Å². The van der Waals surface area contributed by atoms with Crippen LogP contribution in [0.1, 0.15) is 11.1 Å². The Balaban J connectivity index is 2.83. The zero-order chi connectivity index (χ0) is 18.2. The van der Waals surface area contributed by atoms with Crippen LogP contribution in [0.3, 0.4) is 0 Å². The molecule has 24 heavy (non-hydrogen) atoms. The number of methoxy groups -OCH3 is 1. The van der Waals surface area contributed by atoms with Crippen LogP contribution in [-0.2, 0) is 5.41 Å². The first kappa shape index (κ1) is 18.0. The minimum absolute atomic E-state index is 0.128. The van der Waals surface area contributed by atoms with Crippen LogP contribution in [0.5, 0.6) is 11.5 Å². The van der Waals surface area contributed by atoms with Crippen molar-refractivity contribution in [1.82, 2.24) is 0 Å². The third kappa shape index (κ3) is 2.76. The molecule has 2 rings (SSSR count). The molecular formula is C16H12F6O2. The van der Waals surface area contributed by atoms with Crippen molar-refractivity contribution in [2.24, 2.45) is 0 Å². The molecule has 8 heteroatoms. The van der Waals surface area contributed by atoms with E-state index in [1.807, 2.05) is 0 Å². The van der Waals surface area contributed by atoms with Gasteiger partial charge >= 0.3 is 12.4 Å². The molecule has 0 fully saturated rings. The van der Waals surface area contributed by atoms with Crippen LogP contribution >= 0.6 is 0 Å². The van der Waals surface area contributed by atoms with Crippen LogP contribution in [0, 0.1) is 0 Å². The molecule has 0 saturated heterocycles. The molecule has 0 radical (unpaired) electrons. The van der Waals surface area contributed by atoms with Crippen molar-refractivity contribution >= 4 is 0 Å². The van der Waals surface area contributed by atoms with Crippen molar-refractivity contribution in [1.29, 1.82) is 0 Å². The molecule has 0 aliphatic carbocycles. The number of phenolic OH excluding ortho intramolecular Hbond substituents is 1. The van der Waals surface area contributed by atoms with Gasteiger partial charge in [0, 0.05) is 0 Å². The summed E-state index contributed by atoms with van der Waals surface area (Å²) in [4.78, 5) is 0. The molecule has 0 bridgehead atoms. The lowest BCUT2D eigenvalue weighted by atomic mass is 9.73. The second kappa shape index (κ2) is 5.92. The zero-order valence-corrected chi connectivity index (χ0v) is 12.2. The molecule has 0 amide bonds. The largest absolute Gasteiger partial charge is 0.508 e. The SMILES string of the molecule is COc1ccc(C(c2ccc(O)cc2)(C(F)(F)F)C(F)(F)F)cc1. The van der Waals surface area contributed by atoms with E-state index in [1.165, 1.54) is 7.11 Å². The fourth-order valence-corrected chi connectivity index (χ4v) is 2.53. The highest BCUT2D eigenvalue weighted by Crippen LogP contribution is 2.56. The summed E-state index contributed by atoms with van der Waals surface area (Å²) >= 11 is 0. The molecule has 0 aliphatic rings. The Bertz CT molecular complexity index is 672. The molecule has 0 atom stereocenters. The number of benzene rings is 2. The van der Waals surface area contributed by atoms with Crippen LogP contribution in [0.15, 0.2) is 48.5 Å². The molecule has 0 unspecified atom stereocenters. The summed E-state index contributed by atoms with van der Waals surface area (Å²) in [5.74, 6) is -0.311. The van der Waals surface area contributed by atoms with Gasteiger partial charge in [-0.3, -0.25) is 0 Å². The minimum Gasteiger partial charge on any atom is -0.508 e. The summed E-state index contributed by atoms with van der Waals surface area (Å²) in [6.07, 6.45) is -11.3. The fourth-order valence-electron chi connectivity index (χ4n) is 2.53. The van der Waals surface area contributed by atoms with Gasteiger partial charge in [0.25, 0.3) is 0 Å². The van der Waals surface area contributed by atoms with E-state index in [4.69, 9.17) is 4.74 Å². The number of rotatable bonds is 3. The lowest BCUT2D eigenvalue weighted by Crippen LogP contribution is -2.54. The highest BCUT2D eigenvalue weighted by atomic mass is 19.4. The van der Waals surface area contributed by atoms with Gasteiger partial charge < -0.3 is 9.84 Å². The van der Waals surface area contributed by atoms with Gasteiger partial charge in [-0.05, 0) is 35.4 Å². The number of hydrogen-bond acceptors (Lipinski definition) is 2. The maximum absolute atomic E-state index is 13.7. The first-order chi connectivity index (χ1) is 11.0. The number of aromatic hydroxyl groups is 1. The summed E-state index contributed by atoms with van der Waals surface area (Å²) in [6, 6.07) is 6.31. The molecule has 0 spiro atoms. The van der Waals surface area contributed by atoms with Crippen molar-refractivity contribution in [3.8, 4) is 11.5 Å². The quantitative estimate of drug-likeness (QED) is 0.805. The molecule has 0 aromatic heterocycles. The van der Waals surface area contributed by atoms with E-state index in [2.05, 4.69) is 0 Å². The van der Waals surface area contributed by atoms with Crippen molar-refractivity contribution in [3.05, 3.63) is 59.7 Å². The summed E-state index contributed by atoms with van der Waals surface area (Å²) < 4.78 is 87.1. The molecule has 0 heterocycles. The molecule has 1 N–H and O–H groups in total. The van der Waals surface area contributed by atoms with Gasteiger partial charge in [-0.15, -0.1) is 0 Å². The standard InChI is InChI=1S/C16H12F6O2/c1-24-13-8-4-11(5-9-13)14(15(17,18)19,16(20,21)22)10-2-6-12(23)7-3-10/h2-9,23H,1H3. The van der Waals surface area contributed by atoms with Crippen molar-refractivity contribution < 1.29 is 36.2 Å². The normalized spacial score (nSPS) is 13.0. The molecule has 130 valence electrons. The molecule has 2 nitrogen and oxygen atoms in total. The van der Waals surface area contributed by atoms with E-state index in [-0.39, 0.29) is 5.75 Å². The fraction of sp³-hybridized carbons (Fsp3) is 0.250. The van der Waals surface area contributed by atoms with E-state index in [0.717, 1.165) is 36.4 Å². The Morgan fingerprint density at radius 3 is 1.42 bits per heavy atom. The Labute approximate surface area is 133 Å². The molecule has 2 aromatic rings. The van der Waals surface area contributed by atoms with E-state index in [1.54, 1.807) is 0 Å². The minimum atomic E-state index is -5.66.